The van der Waals surface area contributed by atoms with Gasteiger partial charge in [-0.15, -0.1) is 0 Å². The summed E-state index contributed by atoms with van der Waals surface area (Å²) in [5, 5.41) is 3.12. The Bertz CT molecular complexity index is 217. The molecule has 13 heavy (non-hydrogen) atoms. The summed E-state index contributed by atoms with van der Waals surface area (Å²) in [6.07, 6.45) is 2.21. The first-order chi connectivity index (χ1) is 6.16. The minimum Gasteiger partial charge on any atom is -0.352 e. The normalized spacial score (nSPS) is 39.1. The molecule has 2 rings (SSSR count). The number of amides is 1. The predicted molar refractivity (Wildman–Crippen MR) is 51.3 cm³/mol. The SMILES string of the molecule is C[C@H]1C[C@@H]1C(=O)NC1CCN(C)C1. The van der Waals surface area contributed by atoms with Crippen LogP contribution >= 0.6 is 0 Å². The Kier molecular flexibility index (Phi) is 2.28. The molecule has 1 saturated heterocycles. The van der Waals surface area contributed by atoms with Crippen LogP contribution in [0.5, 0.6) is 0 Å². The summed E-state index contributed by atoms with van der Waals surface area (Å²) in [6.45, 7) is 4.28. The Morgan fingerprint density at radius 1 is 1.54 bits per heavy atom. The molecule has 2 aliphatic rings. The quantitative estimate of drug-likeness (QED) is 0.673. The van der Waals surface area contributed by atoms with Gasteiger partial charge in [0.15, 0.2) is 0 Å². The summed E-state index contributed by atoms with van der Waals surface area (Å²) in [6, 6.07) is 0.408. The van der Waals surface area contributed by atoms with Gasteiger partial charge in [0.2, 0.25) is 5.91 Å². The fourth-order valence-corrected chi connectivity index (χ4v) is 2.05. The molecule has 0 aromatic rings. The smallest absolute Gasteiger partial charge is 0.223 e. The highest BCUT2D eigenvalue weighted by atomic mass is 16.2. The molecule has 1 saturated carbocycles. The summed E-state index contributed by atoms with van der Waals surface area (Å²) in [5.41, 5.74) is 0. The van der Waals surface area contributed by atoms with Gasteiger partial charge in [-0.2, -0.15) is 0 Å². The summed E-state index contributed by atoms with van der Waals surface area (Å²) in [7, 11) is 2.10. The first-order valence-corrected chi connectivity index (χ1v) is 5.15. The van der Waals surface area contributed by atoms with Crippen LogP contribution in [0, 0.1) is 11.8 Å². The Hall–Kier alpha value is -0.570. The lowest BCUT2D eigenvalue weighted by molar-refractivity contribution is -0.123. The van der Waals surface area contributed by atoms with Gasteiger partial charge in [0.25, 0.3) is 0 Å². The Labute approximate surface area is 79.5 Å². The largest absolute Gasteiger partial charge is 0.352 e. The second-order valence-electron chi connectivity index (χ2n) is 4.58. The molecule has 0 aromatic carbocycles. The third-order valence-electron chi connectivity index (χ3n) is 3.18. The molecular formula is C10H18N2O. The number of nitrogens with one attached hydrogen (secondary N) is 1. The molecule has 0 bridgehead atoms. The molecule has 2 fully saturated rings. The van der Waals surface area contributed by atoms with E-state index < -0.39 is 0 Å². The van der Waals surface area contributed by atoms with Crippen LogP contribution < -0.4 is 5.32 Å². The zero-order chi connectivity index (χ0) is 9.42. The number of carbonyl (C=O) groups is 1. The molecular weight excluding hydrogens is 164 g/mol. The van der Waals surface area contributed by atoms with Crippen molar-refractivity contribution < 1.29 is 4.79 Å². The van der Waals surface area contributed by atoms with E-state index in [0.29, 0.717) is 17.9 Å². The van der Waals surface area contributed by atoms with Crippen molar-refractivity contribution in [2.24, 2.45) is 11.8 Å². The van der Waals surface area contributed by atoms with Gasteiger partial charge in [-0.25, -0.2) is 0 Å². The van der Waals surface area contributed by atoms with Crippen LogP contribution in [0.25, 0.3) is 0 Å². The van der Waals surface area contributed by atoms with E-state index in [-0.39, 0.29) is 5.91 Å². The van der Waals surface area contributed by atoms with Crippen LogP contribution in [-0.4, -0.2) is 37.0 Å². The maximum absolute atomic E-state index is 11.5. The minimum absolute atomic E-state index is 0.285. The Morgan fingerprint density at radius 2 is 2.23 bits per heavy atom. The van der Waals surface area contributed by atoms with E-state index >= 15 is 0 Å². The van der Waals surface area contributed by atoms with E-state index in [9.17, 15) is 4.79 Å². The number of nitrogens with zero attached hydrogens (tertiary/aromatic N) is 1. The van der Waals surface area contributed by atoms with E-state index in [2.05, 4.69) is 24.2 Å². The lowest BCUT2D eigenvalue weighted by Gasteiger charge is -2.12. The van der Waals surface area contributed by atoms with Crippen molar-refractivity contribution in [3.8, 4) is 0 Å². The molecule has 1 aliphatic carbocycles. The standard InChI is InChI=1S/C10H18N2O/c1-7-5-9(7)10(13)11-8-3-4-12(2)6-8/h7-9H,3-6H2,1-2H3,(H,11,13)/t7-,8?,9-/m0/s1. The number of hydrogen-bond acceptors (Lipinski definition) is 2. The maximum Gasteiger partial charge on any atom is 0.223 e. The maximum atomic E-state index is 11.5. The Balaban J connectivity index is 1.75. The Morgan fingerprint density at radius 3 is 2.69 bits per heavy atom. The van der Waals surface area contributed by atoms with Gasteiger partial charge in [0, 0.05) is 18.5 Å². The molecule has 0 aromatic heterocycles. The molecule has 1 aliphatic heterocycles. The fourth-order valence-electron chi connectivity index (χ4n) is 2.05. The lowest BCUT2D eigenvalue weighted by atomic mass is 10.2. The van der Waals surface area contributed by atoms with E-state index in [0.717, 1.165) is 25.9 Å². The summed E-state index contributed by atoms with van der Waals surface area (Å²) < 4.78 is 0. The third-order valence-corrected chi connectivity index (χ3v) is 3.18. The summed E-state index contributed by atoms with van der Waals surface area (Å²) in [4.78, 5) is 13.8. The lowest BCUT2D eigenvalue weighted by Crippen LogP contribution is -2.37. The van der Waals surface area contributed by atoms with Crippen LogP contribution in [0.2, 0.25) is 0 Å². The van der Waals surface area contributed by atoms with E-state index in [1.54, 1.807) is 0 Å². The second kappa shape index (κ2) is 3.29. The van der Waals surface area contributed by atoms with Crippen molar-refractivity contribution in [3.05, 3.63) is 0 Å². The fraction of sp³-hybridized carbons (Fsp3) is 0.900. The third kappa shape index (κ3) is 2.02. The van der Waals surface area contributed by atoms with Gasteiger partial charge in [-0.05, 0) is 32.4 Å². The molecule has 1 N–H and O–H groups in total. The first kappa shape index (κ1) is 9.00. The van der Waals surface area contributed by atoms with Crippen LogP contribution in [0.1, 0.15) is 19.8 Å². The highest BCUT2D eigenvalue weighted by molar-refractivity contribution is 5.81. The molecule has 74 valence electrons. The number of rotatable bonds is 2. The highest BCUT2D eigenvalue weighted by Crippen LogP contribution is 2.37. The topological polar surface area (TPSA) is 32.3 Å². The van der Waals surface area contributed by atoms with Crippen LogP contribution in [0.4, 0.5) is 0 Å². The number of likely N-dealkylation sites (tertiary alicyclic amines) is 1. The van der Waals surface area contributed by atoms with Gasteiger partial charge in [-0.1, -0.05) is 6.92 Å². The van der Waals surface area contributed by atoms with E-state index in [1.807, 2.05) is 0 Å². The zero-order valence-electron chi connectivity index (χ0n) is 8.42. The van der Waals surface area contributed by atoms with Crippen molar-refractivity contribution in [1.82, 2.24) is 10.2 Å². The van der Waals surface area contributed by atoms with Gasteiger partial charge in [0.05, 0.1) is 0 Å². The molecule has 3 heteroatoms. The number of hydrogen-bond donors (Lipinski definition) is 1. The van der Waals surface area contributed by atoms with E-state index in [4.69, 9.17) is 0 Å². The number of carbonyl (C=O) groups excluding carboxylic acids is 1. The van der Waals surface area contributed by atoms with Crippen LogP contribution in [0.3, 0.4) is 0 Å². The number of likely N-dealkylation sites (N-methyl/N-ethyl adjacent to an activating group) is 1. The monoisotopic (exact) mass is 182 g/mol. The average molecular weight is 182 g/mol. The van der Waals surface area contributed by atoms with Gasteiger partial charge < -0.3 is 10.2 Å². The molecule has 3 atom stereocenters. The van der Waals surface area contributed by atoms with Crippen molar-refractivity contribution in [1.29, 1.82) is 0 Å². The predicted octanol–water partition coefficient (Wildman–Crippen LogP) is 0.463. The highest BCUT2D eigenvalue weighted by Gasteiger charge is 2.40. The minimum atomic E-state index is 0.285. The van der Waals surface area contributed by atoms with Gasteiger partial charge >= 0.3 is 0 Å². The van der Waals surface area contributed by atoms with Crippen LogP contribution in [-0.2, 0) is 4.79 Å². The summed E-state index contributed by atoms with van der Waals surface area (Å²) in [5.74, 6) is 1.23. The molecule has 1 amide bonds. The zero-order valence-corrected chi connectivity index (χ0v) is 8.42. The van der Waals surface area contributed by atoms with Crippen LogP contribution in [0.15, 0.2) is 0 Å². The van der Waals surface area contributed by atoms with Crippen molar-refractivity contribution in [2.45, 2.75) is 25.8 Å². The molecule has 0 spiro atoms. The van der Waals surface area contributed by atoms with Crippen molar-refractivity contribution >= 4 is 5.91 Å². The van der Waals surface area contributed by atoms with Crippen molar-refractivity contribution in [2.75, 3.05) is 20.1 Å². The molecule has 1 heterocycles. The second-order valence-corrected chi connectivity index (χ2v) is 4.58. The molecule has 3 nitrogen and oxygen atoms in total. The van der Waals surface area contributed by atoms with Gasteiger partial charge in [0.1, 0.15) is 0 Å². The molecule has 0 radical (unpaired) electrons. The van der Waals surface area contributed by atoms with Crippen molar-refractivity contribution in [3.63, 3.8) is 0 Å². The summed E-state index contributed by atoms with van der Waals surface area (Å²) >= 11 is 0. The van der Waals surface area contributed by atoms with Gasteiger partial charge in [-0.3, -0.25) is 4.79 Å². The average Bonchev–Trinajstić information content (AvgIpc) is 2.66. The first-order valence-electron chi connectivity index (χ1n) is 5.15. The van der Waals surface area contributed by atoms with E-state index in [1.165, 1.54) is 0 Å². The molecule has 1 unspecified atom stereocenters.